The van der Waals surface area contributed by atoms with Crippen LogP contribution in [-0.4, -0.2) is 59.1 Å². The summed E-state index contributed by atoms with van der Waals surface area (Å²) < 4.78 is 4.78. The van der Waals surface area contributed by atoms with E-state index in [-0.39, 0.29) is 30.3 Å². The van der Waals surface area contributed by atoms with E-state index in [1.165, 1.54) is 18.4 Å². The van der Waals surface area contributed by atoms with Crippen LogP contribution in [0.4, 0.5) is 5.95 Å². The van der Waals surface area contributed by atoms with Crippen molar-refractivity contribution in [3.05, 3.63) is 68.7 Å². The van der Waals surface area contributed by atoms with E-state index in [1.807, 2.05) is 6.07 Å². The molecule has 192 valence electrons. The Labute approximate surface area is 218 Å². The fourth-order valence-electron chi connectivity index (χ4n) is 3.40. The molecule has 2 heterocycles. The number of esters is 1. The van der Waals surface area contributed by atoms with Crippen LogP contribution in [0.3, 0.4) is 0 Å². The third-order valence-electron chi connectivity index (χ3n) is 5.36. The summed E-state index contributed by atoms with van der Waals surface area (Å²) in [5.74, 6) is 4.79. The minimum absolute atomic E-state index is 0.148. The van der Waals surface area contributed by atoms with Crippen molar-refractivity contribution >= 4 is 35.1 Å². The summed E-state index contributed by atoms with van der Waals surface area (Å²) in [4.78, 5) is 46.6. The maximum atomic E-state index is 13.0. The van der Waals surface area contributed by atoms with Crippen molar-refractivity contribution in [1.29, 1.82) is 0 Å². The predicted molar refractivity (Wildman–Crippen MR) is 140 cm³/mol. The Hall–Kier alpha value is -4.43. The van der Waals surface area contributed by atoms with E-state index in [0.29, 0.717) is 33.3 Å². The zero-order chi connectivity index (χ0) is 26.9. The Balaban J connectivity index is 1.66. The monoisotopic (exact) mass is 521 g/mol. The summed E-state index contributed by atoms with van der Waals surface area (Å²) in [7, 11) is 1.20. The van der Waals surface area contributed by atoms with E-state index in [1.54, 1.807) is 50.4 Å². The molecular formula is C26H27N5O5S. The lowest BCUT2D eigenvalue weighted by atomic mass is 10.1. The predicted octanol–water partition coefficient (Wildman–Crippen LogP) is 2.33. The van der Waals surface area contributed by atoms with Crippen LogP contribution in [-0.2, 0) is 9.53 Å². The average Bonchev–Trinajstić information content (AvgIpc) is 3.41. The number of hydrogen-bond acceptors (Lipinski definition) is 9. The number of aromatic nitrogens is 2. The number of rotatable bonds is 8. The van der Waals surface area contributed by atoms with Crippen LogP contribution in [0.2, 0.25) is 0 Å². The van der Waals surface area contributed by atoms with Crippen molar-refractivity contribution in [3.8, 4) is 17.6 Å². The van der Waals surface area contributed by atoms with Crippen molar-refractivity contribution in [2.24, 2.45) is 0 Å². The molecule has 0 radical (unpaired) electrons. The van der Waals surface area contributed by atoms with Crippen LogP contribution in [0.25, 0.3) is 0 Å². The zero-order valence-corrected chi connectivity index (χ0v) is 21.7. The number of phenolic OH excluding ortho intramolecular Hbond substituents is 1. The Morgan fingerprint density at radius 2 is 1.81 bits per heavy atom. The Bertz CT molecular complexity index is 1340. The van der Waals surface area contributed by atoms with Crippen LogP contribution in [0, 0.1) is 32.6 Å². The number of carbonyl (C=O) groups excluding carboxylic acids is 3. The van der Waals surface area contributed by atoms with Gasteiger partial charge in [0, 0.05) is 17.7 Å². The number of carbonyl (C=O) groups is 3. The molecule has 37 heavy (non-hydrogen) atoms. The van der Waals surface area contributed by atoms with Gasteiger partial charge in [-0.3, -0.25) is 9.59 Å². The lowest BCUT2D eigenvalue weighted by Crippen LogP contribution is -2.49. The topological polar surface area (TPSA) is 143 Å². The Kier molecular flexibility index (Phi) is 9.18. The lowest BCUT2D eigenvalue weighted by molar-refractivity contribution is -0.142. The lowest BCUT2D eigenvalue weighted by Gasteiger charge is -2.18. The zero-order valence-electron chi connectivity index (χ0n) is 20.8. The number of hydrogen-bond donors (Lipinski definition) is 4. The van der Waals surface area contributed by atoms with E-state index >= 15 is 0 Å². The number of amides is 2. The van der Waals surface area contributed by atoms with Crippen LogP contribution in [0.1, 0.15) is 42.5 Å². The highest BCUT2D eigenvalue weighted by Crippen LogP contribution is 2.18. The van der Waals surface area contributed by atoms with Gasteiger partial charge in [-0.25, -0.2) is 14.8 Å². The molecule has 0 saturated carbocycles. The summed E-state index contributed by atoms with van der Waals surface area (Å²) in [6.45, 7) is 5.19. The molecule has 0 bridgehead atoms. The first-order valence-corrected chi connectivity index (χ1v) is 12.2. The average molecular weight is 522 g/mol. The van der Waals surface area contributed by atoms with Crippen LogP contribution in [0.5, 0.6) is 5.75 Å². The molecule has 11 heteroatoms. The fraction of sp³-hybridized carbons (Fsp3) is 0.269. The summed E-state index contributed by atoms with van der Waals surface area (Å²) in [6, 6.07) is 7.44. The van der Waals surface area contributed by atoms with Gasteiger partial charge in [-0.15, -0.1) is 11.3 Å². The van der Waals surface area contributed by atoms with Crippen LogP contribution < -0.4 is 16.0 Å². The summed E-state index contributed by atoms with van der Waals surface area (Å²) in [5.41, 5.74) is 2.43. The molecule has 0 aliphatic heterocycles. The maximum Gasteiger partial charge on any atom is 0.330 e. The maximum absolute atomic E-state index is 13.0. The van der Waals surface area contributed by atoms with E-state index in [2.05, 4.69) is 37.8 Å². The number of nitrogens with one attached hydrogen (secondary N) is 3. The third-order valence-corrected chi connectivity index (χ3v) is 6.23. The normalized spacial score (nSPS) is 11.0. The van der Waals surface area contributed by atoms with E-state index < -0.39 is 17.9 Å². The van der Waals surface area contributed by atoms with Crippen molar-refractivity contribution < 1.29 is 24.2 Å². The first-order valence-electron chi connectivity index (χ1n) is 11.3. The fourth-order valence-corrected chi connectivity index (χ4v) is 4.04. The van der Waals surface area contributed by atoms with Crippen molar-refractivity contribution in [1.82, 2.24) is 20.6 Å². The standard InChI is InChI=1S/C26H27N5O5S/c1-15-18(8-5-10-20(15)32)9-6-12-27-26-29-16(2)22(17(3)30-26)24(34)31-19(25(35)36-4)14-28-23(33)21-11-7-13-37-21/h5,7-8,10-11,13,19,32H,12,14H2,1-4H3,(H,28,33)(H,31,34)(H,27,29,30)/t19-/m0/s1. The molecule has 1 atom stereocenters. The number of aryl methyl sites for hydroxylation is 2. The van der Waals surface area contributed by atoms with Gasteiger partial charge in [0.15, 0.2) is 0 Å². The Morgan fingerprint density at radius 3 is 2.46 bits per heavy atom. The second-order valence-corrected chi connectivity index (χ2v) is 8.88. The van der Waals surface area contributed by atoms with Crippen molar-refractivity contribution in [2.45, 2.75) is 26.8 Å². The third kappa shape index (κ3) is 7.05. The van der Waals surface area contributed by atoms with Gasteiger partial charge in [0.05, 0.1) is 35.5 Å². The smallest absolute Gasteiger partial charge is 0.330 e. The molecule has 10 nitrogen and oxygen atoms in total. The number of phenols is 1. The molecule has 2 aromatic heterocycles. The molecule has 0 aliphatic rings. The van der Waals surface area contributed by atoms with Crippen molar-refractivity contribution in [2.75, 3.05) is 25.5 Å². The summed E-state index contributed by atoms with van der Waals surface area (Å²) in [5, 5.41) is 19.8. The number of benzene rings is 1. The van der Waals surface area contributed by atoms with E-state index in [0.717, 1.165) is 0 Å². The molecule has 0 saturated heterocycles. The molecule has 4 N–H and O–H groups in total. The van der Waals surface area contributed by atoms with Gasteiger partial charge in [-0.1, -0.05) is 24.0 Å². The van der Waals surface area contributed by atoms with Gasteiger partial charge >= 0.3 is 5.97 Å². The van der Waals surface area contributed by atoms with Gasteiger partial charge in [0.1, 0.15) is 11.8 Å². The molecule has 3 aromatic rings. The number of ether oxygens (including phenoxy) is 1. The van der Waals surface area contributed by atoms with Crippen LogP contribution >= 0.6 is 11.3 Å². The quantitative estimate of drug-likeness (QED) is 0.261. The number of thiophene rings is 1. The highest BCUT2D eigenvalue weighted by atomic mass is 32.1. The molecule has 0 spiro atoms. The molecule has 0 fully saturated rings. The largest absolute Gasteiger partial charge is 0.508 e. The highest BCUT2D eigenvalue weighted by Gasteiger charge is 2.25. The molecule has 2 amide bonds. The molecule has 0 unspecified atom stereocenters. The highest BCUT2D eigenvalue weighted by molar-refractivity contribution is 7.12. The number of nitrogens with zero attached hydrogens (tertiary/aromatic N) is 2. The summed E-state index contributed by atoms with van der Waals surface area (Å²) >= 11 is 1.26. The minimum Gasteiger partial charge on any atom is -0.508 e. The van der Waals surface area contributed by atoms with Crippen LogP contribution in [0.15, 0.2) is 35.7 Å². The first kappa shape index (κ1) is 27.2. The second-order valence-electron chi connectivity index (χ2n) is 7.93. The molecular weight excluding hydrogens is 494 g/mol. The van der Waals surface area contributed by atoms with E-state index in [4.69, 9.17) is 4.74 Å². The van der Waals surface area contributed by atoms with Gasteiger partial charge in [0.25, 0.3) is 11.8 Å². The molecule has 0 aliphatic carbocycles. The summed E-state index contributed by atoms with van der Waals surface area (Å²) in [6.07, 6.45) is 0. The number of aromatic hydroxyl groups is 1. The second kappa shape index (κ2) is 12.5. The first-order chi connectivity index (χ1) is 17.7. The van der Waals surface area contributed by atoms with E-state index in [9.17, 15) is 19.5 Å². The van der Waals surface area contributed by atoms with Gasteiger partial charge < -0.3 is 25.8 Å². The minimum atomic E-state index is -1.10. The van der Waals surface area contributed by atoms with Crippen molar-refractivity contribution in [3.63, 3.8) is 0 Å². The van der Waals surface area contributed by atoms with Gasteiger partial charge in [-0.2, -0.15) is 0 Å². The Morgan fingerprint density at radius 1 is 1.08 bits per heavy atom. The molecule has 1 aromatic carbocycles. The van der Waals surface area contributed by atoms with Gasteiger partial charge in [-0.05, 0) is 44.4 Å². The number of methoxy groups -OCH3 is 1. The van der Waals surface area contributed by atoms with Gasteiger partial charge in [0.2, 0.25) is 5.95 Å². The number of anilines is 1. The SMILES string of the molecule is COC(=O)[C@H](CNC(=O)c1cccs1)NC(=O)c1c(C)nc(NCC#Cc2cccc(O)c2C)nc1C. The molecule has 3 rings (SSSR count).